The summed E-state index contributed by atoms with van der Waals surface area (Å²) in [5, 5.41) is 8.01. The molecule has 1 heterocycles. The van der Waals surface area contributed by atoms with Gasteiger partial charge in [-0.15, -0.1) is 0 Å². The van der Waals surface area contributed by atoms with Crippen molar-refractivity contribution in [3.8, 4) is 0 Å². The number of likely N-dealkylation sites (N-methyl/N-ethyl adjacent to an activating group) is 1. The van der Waals surface area contributed by atoms with Crippen molar-refractivity contribution in [2.45, 2.75) is 64.8 Å². The predicted molar refractivity (Wildman–Crippen MR) is 85.6 cm³/mol. The molecule has 4 heteroatoms. The highest BCUT2D eigenvalue weighted by Crippen LogP contribution is 2.23. The lowest BCUT2D eigenvalue weighted by atomic mass is 10.0. The van der Waals surface area contributed by atoms with Gasteiger partial charge in [0.15, 0.2) is 0 Å². The molecule has 0 aliphatic carbocycles. The van der Waals surface area contributed by atoms with Crippen molar-refractivity contribution in [3.05, 3.63) is 15.9 Å². The third-order valence-electron chi connectivity index (χ3n) is 3.76. The Balaban J connectivity index is 2.57. The van der Waals surface area contributed by atoms with Crippen LogP contribution in [0.5, 0.6) is 0 Å². The van der Waals surface area contributed by atoms with E-state index in [0.717, 1.165) is 12.8 Å². The number of halogens is 1. The molecule has 19 heavy (non-hydrogen) atoms. The third kappa shape index (κ3) is 4.92. The van der Waals surface area contributed by atoms with Gasteiger partial charge in [-0.3, -0.25) is 4.68 Å². The zero-order valence-electron chi connectivity index (χ0n) is 12.8. The molecule has 3 nitrogen and oxygen atoms in total. The van der Waals surface area contributed by atoms with Gasteiger partial charge < -0.3 is 5.32 Å². The highest BCUT2D eigenvalue weighted by atomic mass is 79.9. The molecule has 0 saturated heterocycles. The highest BCUT2D eigenvalue weighted by molar-refractivity contribution is 9.10. The number of hydrogen-bond acceptors (Lipinski definition) is 2. The first-order valence-corrected chi connectivity index (χ1v) is 8.30. The van der Waals surface area contributed by atoms with E-state index in [1.807, 2.05) is 11.7 Å². The average molecular weight is 330 g/mol. The van der Waals surface area contributed by atoms with Crippen molar-refractivity contribution >= 4 is 15.9 Å². The van der Waals surface area contributed by atoms with E-state index in [9.17, 15) is 0 Å². The Labute approximate surface area is 126 Å². The molecule has 1 N–H and O–H groups in total. The Bertz CT molecular complexity index is 374. The third-order valence-corrected chi connectivity index (χ3v) is 4.67. The Kier molecular flexibility index (Phi) is 7.69. The molecule has 0 amide bonds. The second-order valence-electron chi connectivity index (χ2n) is 5.22. The molecule has 110 valence electrons. The second kappa shape index (κ2) is 8.75. The van der Waals surface area contributed by atoms with Gasteiger partial charge in [0.25, 0.3) is 0 Å². The zero-order chi connectivity index (χ0) is 14.3. The molecule has 1 rings (SSSR count). The normalized spacial score (nSPS) is 12.9. The van der Waals surface area contributed by atoms with Crippen LogP contribution in [-0.4, -0.2) is 22.9 Å². The fourth-order valence-electron chi connectivity index (χ4n) is 2.44. The van der Waals surface area contributed by atoms with Crippen LogP contribution in [0.15, 0.2) is 4.47 Å². The molecular weight excluding hydrogens is 302 g/mol. The van der Waals surface area contributed by atoms with Crippen LogP contribution in [0.1, 0.15) is 57.3 Å². The summed E-state index contributed by atoms with van der Waals surface area (Å²) in [4.78, 5) is 0. The number of hydrogen-bond donors (Lipinski definition) is 1. The number of nitrogens with one attached hydrogen (secondary N) is 1. The summed E-state index contributed by atoms with van der Waals surface area (Å²) < 4.78 is 3.23. The molecular formula is C15H28BrN3. The summed E-state index contributed by atoms with van der Waals surface area (Å²) in [7, 11) is 4.11. The number of rotatable bonds is 9. The van der Waals surface area contributed by atoms with E-state index in [0.29, 0.717) is 6.04 Å². The van der Waals surface area contributed by atoms with Crippen LogP contribution in [-0.2, 0) is 19.9 Å². The summed E-state index contributed by atoms with van der Waals surface area (Å²) >= 11 is 3.70. The van der Waals surface area contributed by atoms with Gasteiger partial charge in [-0.05, 0) is 35.8 Å². The summed E-state index contributed by atoms with van der Waals surface area (Å²) in [6, 6.07) is 0.549. The topological polar surface area (TPSA) is 29.9 Å². The SMILES string of the molecule is CCCCCCC(Cc1c(Br)c(CC)nn1C)NC. The van der Waals surface area contributed by atoms with Gasteiger partial charge in [0.2, 0.25) is 0 Å². The van der Waals surface area contributed by atoms with Crippen molar-refractivity contribution in [3.63, 3.8) is 0 Å². The predicted octanol–water partition coefficient (Wildman–Crippen LogP) is 3.85. The zero-order valence-corrected chi connectivity index (χ0v) is 14.4. The largest absolute Gasteiger partial charge is 0.317 e. The van der Waals surface area contributed by atoms with Gasteiger partial charge >= 0.3 is 0 Å². The Morgan fingerprint density at radius 2 is 2.00 bits per heavy atom. The van der Waals surface area contributed by atoms with Gasteiger partial charge in [0.1, 0.15) is 0 Å². The van der Waals surface area contributed by atoms with E-state index < -0.39 is 0 Å². The van der Waals surface area contributed by atoms with Crippen LogP contribution in [0.4, 0.5) is 0 Å². The Morgan fingerprint density at radius 1 is 1.26 bits per heavy atom. The molecule has 0 bridgehead atoms. The molecule has 0 aliphatic heterocycles. The fraction of sp³-hybridized carbons (Fsp3) is 0.800. The van der Waals surface area contributed by atoms with Crippen LogP contribution >= 0.6 is 15.9 Å². The Hall–Kier alpha value is -0.350. The highest BCUT2D eigenvalue weighted by Gasteiger charge is 2.16. The lowest BCUT2D eigenvalue weighted by molar-refractivity contribution is 0.473. The molecule has 1 aromatic rings. The molecule has 1 aromatic heterocycles. The minimum atomic E-state index is 0.549. The maximum atomic E-state index is 4.57. The van der Waals surface area contributed by atoms with Crippen molar-refractivity contribution < 1.29 is 0 Å². The molecule has 0 aromatic carbocycles. The number of unbranched alkanes of at least 4 members (excludes halogenated alkanes) is 3. The number of nitrogens with zero attached hydrogens (tertiary/aromatic N) is 2. The van der Waals surface area contributed by atoms with Crippen molar-refractivity contribution in [2.75, 3.05) is 7.05 Å². The van der Waals surface area contributed by atoms with Crippen LogP contribution in [0.2, 0.25) is 0 Å². The summed E-state index contributed by atoms with van der Waals surface area (Å²) in [6.07, 6.45) is 8.59. The van der Waals surface area contributed by atoms with Crippen molar-refractivity contribution in [2.24, 2.45) is 7.05 Å². The first-order chi connectivity index (χ1) is 9.13. The summed E-state index contributed by atoms with van der Waals surface area (Å²) in [5.41, 5.74) is 2.48. The van der Waals surface area contributed by atoms with Crippen molar-refractivity contribution in [1.29, 1.82) is 0 Å². The second-order valence-corrected chi connectivity index (χ2v) is 6.02. The van der Waals surface area contributed by atoms with Gasteiger partial charge in [0.05, 0.1) is 15.9 Å². The van der Waals surface area contributed by atoms with Crippen LogP contribution in [0.25, 0.3) is 0 Å². The molecule has 0 spiro atoms. The lowest BCUT2D eigenvalue weighted by Gasteiger charge is -2.16. The molecule has 0 aliphatic rings. The molecule has 0 saturated carbocycles. The first kappa shape index (κ1) is 16.7. The van der Waals surface area contributed by atoms with Crippen LogP contribution in [0.3, 0.4) is 0 Å². The number of aromatic nitrogens is 2. The average Bonchev–Trinajstić information content (AvgIpc) is 2.69. The maximum absolute atomic E-state index is 4.57. The molecule has 1 unspecified atom stereocenters. The Morgan fingerprint density at radius 3 is 2.53 bits per heavy atom. The quantitative estimate of drug-likeness (QED) is 0.697. The van der Waals surface area contributed by atoms with Gasteiger partial charge in [-0.1, -0.05) is 39.5 Å². The smallest absolute Gasteiger partial charge is 0.0766 e. The van der Waals surface area contributed by atoms with Crippen LogP contribution in [0, 0.1) is 0 Å². The molecule has 1 atom stereocenters. The standard InChI is InChI=1S/C15H28BrN3/c1-5-7-8-9-10-12(17-3)11-14-15(16)13(6-2)18-19(14)4/h12,17H,5-11H2,1-4H3. The van der Waals surface area contributed by atoms with Gasteiger partial charge in [-0.2, -0.15) is 5.10 Å². The van der Waals surface area contributed by atoms with E-state index in [2.05, 4.69) is 47.2 Å². The van der Waals surface area contributed by atoms with E-state index in [1.165, 1.54) is 48.0 Å². The molecule has 0 radical (unpaired) electrons. The monoisotopic (exact) mass is 329 g/mol. The minimum absolute atomic E-state index is 0.549. The maximum Gasteiger partial charge on any atom is 0.0766 e. The van der Waals surface area contributed by atoms with Crippen LogP contribution < -0.4 is 5.32 Å². The fourth-order valence-corrected chi connectivity index (χ4v) is 3.22. The summed E-state index contributed by atoms with van der Waals surface area (Å²) in [6.45, 7) is 4.41. The first-order valence-electron chi connectivity index (χ1n) is 7.51. The van der Waals surface area contributed by atoms with E-state index >= 15 is 0 Å². The van der Waals surface area contributed by atoms with Crippen molar-refractivity contribution in [1.82, 2.24) is 15.1 Å². The summed E-state index contributed by atoms with van der Waals surface area (Å²) in [5.74, 6) is 0. The van der Waals surface area contributed by atoms with Gasteiger partial charge in [-0.25, -0.2) is 0 Å². The van der Waals surface area contributed by atoms with E-state index in [-0.39, 0.29) is 0 Å². The lowest BCUT2D eigenvalue weighted by Crippen LogP contribution is -2.28. The van der Waals surface area contributed by atoms with Gasteiger partial charge in [0, 0.05) is 19.5 Å². The molecule has 0 fully saturated rings. The van der Waals surface area contributed by atoms with E-state index in [1.54, 1.807) is 0 Å². The number of aryl methyl sites for hydroxylation is 2. The minimum Gasteiger partial charge on any atom is -0.317 e. The van der Waals surface area contributed by atoms with E-state index in [4.69, 9.17) is 0 Å².